The summed E-state index contributed by atoms with van der Waals surface area (Å²) in [5.74, 6) is 0. The number of thiophene rings is 1. The number of hydrogen-bond donors (Lipinski definition) is 1. The fourth-order valence-corrected chi connectivity index (χ4v) is 2.56. The molecule has 2 heterocycles. The number of pyridine rings is 1. The number of halogens is 1. The number of nitrogens with zero attached hydrogens (tertiary/aromatic N) is 1. The fourth-order valence-electron chi connectivity index (χ4n) is 1.47. The molecule has 0 aliphatic carbocycles. The predicted molar refractivity (Wildman–Crippen MR) is 70.5 cm³/mol. The Bertz CT molecular complexity index is 468. The van der Waals surface area contributed by atoms with E-state index >= 15 is 0 Å². The zero-order valence-corrected chi connectivity index (χ0v) is 10.6. The Morgan fingerprint density at radius 2 is 2.25 bits per heavy atom. The molecular formula is C12H13ClN2S. The van der Waals surface area contributed by atoms with E-state index in [4.69, 9.17) is 11.6 Å². The van der Waals surface area contributed by atoms with Crippen LogP contribution < -0.4 is 5.32 Å². The largest absolute Gasteiger partial charge is 0.385 e. The molecule has 16 heavy (non-hydrogen) atoms. The third kappa shape index (κ3) is 3.22. The second kappa shape index (κ2) is 5.32. The molecule has 2 aromatic rings. The SMILES string of the molecule is Cc1cc(NCCc2ccc(Cl)s2)ccn1. The summed E-state index contributed by atoms with van der Waals surface area (Å²) in [6.45, 7) is 2.91. The monoisotopic (exact) mass is 252 g/mol. The maximum absolute atomic E-state index is 5.87. The molecule has 0 saturated heterocycles. The topological polar surface area (TPSA) is 24.9 Å². The van der Waals surface area contributed by atoms with E-state index in [1.807, 2.05) is 31.3 Å². The van der Waals surface area contributed by atoms with Gasteiger partial charge in [-0.25, -0.2) is 0 Å². The Kier molecular flexibility index (Phi) is 3.80. The Morgan fingerprint density at radius 3 is 2.94 bits per heavy atom. The highest BCUT2D eigenvalue weighted by Gasteiger charge is 1.98. The zero-order chi connectivity index (χ0) is 11.4. The standard InChI is InChI=1S/C12H13ClN2S/c1-9-8-10(4-6-14-9)15-7-5-11-2-3-12(13)16-11/h2-4,6,8H,5,7H2,1H3,(H,14,15). The van der Waals surface area contributed by atoms with Gasteiger partial charge < -0.3 is 5.32 Å². The minimum Gasteiger partial charge on any atom is -0.385 e. The van der Waals surface area contributed by atoms with Crippen molar-refractivity contribution in [2.45, 2.75) is 13.3 Å². The summed E-state index contributed by atoms with van der Waals surface area (Å²) in [6.07, 6.45) is 2.82. The molecule has 0 unspecified atom stereocenters. The van der Waals surface area contributed by atoms with E-state index in [9.17, 15) is 0 Å². The lowest BCUT2D eigenvalue weighted by Crippen LogP contribution is -2.04. The molecule has 0 atom stereocenters. The maximum Gasteiger partial charge on any atom is 0.0931 e. The van der Waals surface area contributed by atoms with E-state index in [2.05, 4.69) is 16.4 Å². The van der Waals surface area contributed by atoms with Gasteiger partial charge in [-0.1, -0.05) is 11.6 Å². The molecule has 0 aliphatic rings. The van der Waals surface area contributed by atoms with E-state index in [0.29, 0.717) is 0 Å². The molecule has 4 heteroatoms. The molecule has 0 bridgehead atoms. The zero-order valence-electron chi connectivity index (χ0n) is 9.03. The van der Waals surface area contributed by atoms with Gasteiger partial charge in [-0.3, -0.25) is 4.98 Å². The number of hydrogen-bond acceptors (Lipinski definition) is 3. The smallest absolute Gasteiger partial charge is 0.0931 e. The molecule has 0 fully saturated rings. The minimum absolute atomic E-state index is 0.856. The molecule has 0 saturated carbocycles. The summed E-state index contributed by atoms with van der Waals surface area (Å²) in [4.78, 5) is 5.46. The van der Waals surface area contributed by atoms with Crippen LogP contribution in [0.1, 0.15) is 10.6 Å². The van der Waals surface area contributed by atoms with Gasteiger partial charge in [0.05, 0.1) is 4.34 Å². The first-order chi connectivity index (χ1) is 7.74. The Hall–Kier alpha value is -1.06. The van der Waals surface area contributed by atoms with E-state index in [1.165, 1.54) is 4.88 Å². The molecule has 0 amide bonds. The number of rotatable bonds is 4. The summed E-state index contributed by atoms with van der Waals surface area (Å²) in [5.41, 5.74) is 2.15. The highest BCUT2D eigenvalue weighted by Crippen LogP contribution is 2.21. The number of nitrogens with one attached hydrogen (secondary N) is 1. The lowest BCUT2D eigenvalue weighted by molar-refractivity contribution is 1.04. The number of aromatic nitrogens is 1. The number of anilines is 1. The van der Waals surface area contributed by atoms with Gasteiger partial charge in [0.2, 0.25) is 0 Å². The highest BCUT2D eigenvalue weighted by atomic mass is 35.5. The van der Waals surface area contributed by atoms with Crippen molar-refractivity contribution < 1.29 is 0 Å². The van der Waals surface area contributed by atoms with E-state index < -0.39 is 0 Å². The fraction of sp³-hybridized carbons (Fsp3) is 0.250. The molecule has 0 radical (unpaired) electrons. The lowest BCUT2D eigenvalue weighted by Gasteiger charge is -2.05. The van der Waals surface area contributed by atoms with Gasteiger partial charge in [-0.2, -0.15) is 0 Å². The van der Waals surface area contributed by atoms with Crippen LogP contribution >= 0.6 is 22.9 Å². The van der Waals surface area contributed by atoms with Crippen LogP contribution in [0.3, 0.4) is 0 Å². The van der Waals surface area contributed by atoms with Gasteiger partial charge >= 0.3 is 0 Å². The van der Waals surface area contributed by atoms with Gasteiger partial charge in [0, 0.05) is 29.0 Å². The van der Waals surface area contributed by atoms with E-state index in [-0.39, 0.29) is 0 Å². The lowest BCUT2D eigenvalue weighted by atomic mass is 10.3. The molecule has 2 rings (SSSR count). The van der Waals surface area contributed by atoms with Crippen molar-refractivity contribution in [3.05, 3.63) is 45.4 Å². The molecule has 1 N–H and O–H groups in total. The van der Waals surface area contributed by atoms with Crippen molar-refractivity contribution in [1.29, 1.82) is 0 Å². The highest BCUT2D eigenvalue weighted by molar-refractivity contribution is 7.16. The predicted octanol–water partition coefficient (Wildman–Crippen LogP) is 3.76. The van der Waals surface area contributed by atoms with Gasteiger partial charge in [0.25, 0.3) is 0 Å². The normalized spacial score (nSPS) is 10.4. The first kappa shape index (κ1) is 11.4. The van der Waals surface area contributed by atoms with Crippen molar-refractivity contribution in [3.63, 3.8) is 0 Å². The maximum atomic E-state index is 5.87. The quantitative estimate of drug-likeness (QED) is 0.896. The molecular weight excluding hydrogens is 240 g/mol. The second-order valence-corrected chi connectivity index (χ2v) is 5.37. The van der Waals surface area contributed by atoms with Crippen LogP contribution in [0.4, 0.5) is 5.69 Å². The molecule has 0 aromatic carbocycles. The van der Waals surface area contributed by atoms with Crippen molar-refractivity contribution in [2.24, 2.45) is 0 Å². The van der Waals surface area contributed by atoms with Gasteiger partial charge in [0.15, 0.2) is 0 Å². The first-order valence-electron chi connectivity index (χ1n) is 5.15. The molecule has 2 aromatic heterocycles. The van der Waals surface area contributed by atoms with Gasteiger partial charge in [-0.05, 0) is 37.6 Å². The average molecular weight is 253 g/mol. The van der Waals surface area contributed by atoms with Gasteiger partial charge in [-0.15, -0.1) is 11.3 Å². The molecule has 0 aliphatic heterocycles. The third-order valence-corrected chi connectivity index (χ3v) is 3.52. The summed E-state index contributed by atoms with van der Waals surface area (Å²) in [5, 5.41) is 3.37. The van der Waals surface area contributed by atoms with Crippen LogP contribution in [0, 0.1) is 6.92 Å². The summed E-state index contributed by atoms with van der Waals surface area (Å²) < 4.78 is 0.856. The van der Waals surface area contributed by atoms with Crippen LogP contribution in [0.2, 0.25) is 4.34 Å². The van der Waals surface area contributed by atoms with Crippen LogP contribution in [0.25, 0.3) is 0 Å². The summed E-state index contributed by atoms with van der Waals surface area (Å²) >= 11 is 7.51. The second-order valence-electron chi connectivity index (χ2n) is 3.57. The minimum atomic E-state index is 0.856. The van der Waals surface area contributed by atoms with Gasteiger partial charge in [0.1, 0.15) is 0 Å². The Labute approximate surface area is 104 Å². The average Bonchev–Trinajstić information content (AvgIpc) is 2.64. The Morgan fingerprint density at radius 1 is 1.38 bits per heavy atom. The third-order valence-electron chi connectivity index (χ3n) is 2.23. The van der Waals surface area contributed by atoms with Crippen LogP contribution in [0.15, 0.2) is 30.5 Å². The van der Waals surface area contributed by atoms with Crippen molar-refractivity contribution in [2.75, 3.05) is 11.9 Å². The summed E-state index contributed by atoms with van der Waals surface area (Å²) in [6, 6.07) is 8.04. The van der Waals surface area contributed by atoms with Crippen molar-refractivity contribution in [1.82, 2.24) is 4.98 Å². The van der Waals surface area contributed by atoms with Crippen LogP contribution in [-0.2, 0) is 6.42 Å². The Balaban J connectivity index is 1.84. The number of aryl methyl sites for hydroxylation is 1. The van der Waals surface area contributed by atoms with E-state index in [1.54, 1.807) is 11.3 Å². The molecule has 2 nitrogen and oxygen atoms in total. The van der Waals surface area contributed by atoms with Crippen LogP contribution in [0.5, 0.6) is 0 Å². The first-order valence-corrected chi connectivity index (χ1v) is 6.34. The van der Waals surface area contributed by atoms with Crippen LogP contribution in [-0.4, -0.2) is 11.5 Å². The summed E-state index contributed by atoms with van der Waals surface area (Å²) in [7, 11) is 0. The van der Waals surface area contributed by atoms with E-state index in [0.717, 1.165) is 28.7 Å². The van der Waals surface area contributed by atoms with Crippen molar-refractivity contribution >= 4 is 28.6 Å². The molecule has 0 spiro atoms. The molecule has 84 valence electrons. The van der Waals surface area contributed by atoms with Crippen molar-refractivity contribution in [3.8, 4) is 0 Å².